The van der Waals surface area contributed by atoms with Crippen molar-refractivity contribution in [2.75, 3.05) is 6.61 Å². The molecule has 6 heteroatoms. The average Bonchev–Trinajstić information content (AvgIpc) is 2.79. The molecule has 0 unspecified atom stereocenters. The Kier molecular flexibility index (Phi) is 5.82. The van der Waals surface area contributed by atoms with E-state index in [1.54, 1.807) is 6.92 Å². The number of carbonyl (C=O) groups is 1. The largest absolute Gasteiger partial charge is 0.465 e. The van der Waals surface area contributed by atoms with Crippen LogP contribution in [0.15, 0.2) is 30.5 Å². The fraction of sp³-hybridized carbons (Fsp3) is 0.308. The summed E-state index contributed by atoms with van der Waals surface area (Å²) in [6.45, 7) is 2.03. The highest BCUT2D eigenvalue weighted by atomic mass is 35.5. The Morgan fingerprint density at radius 2 is 2.21 bits per heavy atom. The first-order valence-electron chi connectivity index (χ1n) is 5.87. The van der Waals surface area contributed by atoms with Gasteiger partial charge in [-0.15, -0.1) is 12.4 Å². The van der Waals surface area contributed by atoms with E-state index < -0.39 is 12.0 Å². The van der Waals surface area contributed by atoms with Gasteiger partial charge in [0, 0.05) is 23.5 Å². The Hall–Kier alpha value is -1.56. The number of nitrogens with one attached hydrogen (secondary N) is 2. The molecule has 5 nitrogen and oxygen atoms in total. The molecule has 1 atom stereocenters. The summed E-state index contributed by atoms with van der Waals surface area (Å²) in [4.78, 5) is 14.7. The van der Waals surface area contributed by atoms with E-state index in [1.807, 2.05) is 35.9 Å². The summed E-state index contributed by atoms with van der Waals surface area (Å²) in [7, 11) is 0. The lowest BCUT2D eigenvalue weighted by atomic mass is 10.1. The van der Waals surface area contributed by atoms with Gasteiger partial charge in [0.2, 0.25) is 0 Å². The Bertz CT molecular complexity index is 541. The maximum absolute atomic E-state index is 11.6. The normalized spacial score (nSPS) is 11.9. The van der Waals surface area contributed by atoms with Gasteiger partial charge >= 0.3 is 5.97 Å². The van der Waals surface area contributed by atoms with E-state index in [1.165, 1.54) is 0 Å². The number of hydrogen-bond acceptors (Lipinski definition) is 4. The summed E-state index contributed by atoms with van der Waals surface area (Å²) in [6, 6.07) is 7.07. The number of esters is 1. The summed E-state index contributed by atoms with van der Waals surface area (Å²) < 4.78 is 4.88. The molecule has 0 amide bonds. The van der Waals surface area contributed by atoms with Gasteiger partial charge in [-0.2, -0.15) is 5.48 Å². The molecular weight excluding hydrogens is 268 g/mol. The number of hydroxylamine groups is 1. The van der Waals surface area contributed by atoms with Gasteiger partial charge in [0.05, 0.1) is 6.61 Å². The van der Waals surface area contributed by atoms with Crippen molar-refractivity contribution in [3.8, 4) is 0 Å². The number of aromatic nitrogens is 1. The molecule has 1 aromatic heterocycles. The molecule has 0 fully saturated rings. The number of para-hydroxylation sites is 1. The van der Waals surface area contributed by atoms with Crippen LogP contribution in [0.4, 0.5) is 0 Å². The topological polar surface area (TPSA) is 74.4 Å². The number of ether oxygens (including phenoxy) is 1. The zero-order chi connectivity index (χ0) is 13.0. The molecule has 2 aromatic rings. The number of benzene rings is 1. The van der Waals surface area contributed by atoms with Crippen molar-refractivity contribution in [3.63, 3.8) is 0 Å². The first-order chi connectivity index (χ1) is 8.76. The monoisotopic (exact) mass is 284 g/mol. The number of hydrogen-bond donors (Lipinski definition) is 3. The predicted molar refractivity (Wildman–Crippen MR) is 74.6 cm³/mol. The van der Waals surface area contributed by atoms with Crippen molar-refractivity contribution in [2.24, 2.45) is 0 Å². The zero-order valence-electron chi connectivity index (χ0n) is 10.6. The van der Waals surface area contributed by atoms with Crippen LogP contribution in [0.25, 0.3) is 10.9 Å². The fourth-order valence-corrected chi connectivity index (χ4v) is 1.94. The van der Waals surface area contributed by atoms with Crippen LogP contribution in [0, 0.1) is 0 Å². The fourth-order valence-electron chi connectivity index (χ4n) is 1.94. The van der Waals surface area contributed by atoms with Crippen LogP contribution in [0.1, 0.15) is 12.5 Å². The third-order valence-electron chi connectivity index (χ3n) is 2.83. The number of fused-ring (bicyclic) bond motifs is 1. The van der Waals surface area contributed by atoms with Gasteiger partial charge in [0.15, 0.2) is 0 Å². The molecule has 0 saturated carbocycles. The van der Waals surface area contributed by atoms with Gasteiger partial charge in [-0.05, 0) is 18.6 Å². The van der Waals surface area contributed by atoms with Crippen LogP contribution < -0.4 is 5.48 Å². The Morgan fingerprint density at radius 1 is 1.47 bits per heavy atom. The van der Waals surface area contributed by atoms with Crippen LogP contribution in [0.3, 0.4) is 0 Å². The molecule has 19 heavy (non-hydrogen) atoms. The van der Waals surface area contributed by atoms with Crippen molar-refractivity contribution in [2.45, 2.75) is 19.4 Å². The summed E-state index contributed by atoms with van der Waals surface area (Å²) >= 11 is 0. The minimum absolute atomic E-state index is 0. The number of halogens is 1. The molecule has 0 spiro atoms. The minimum atomic E-state index is -0.746. The highest BCUT2D eigenvalue weighted by Crippen LogP contribution is 2.19. The quantitative estimate of drug-likeness (QED) is 0.580. The van der Waals surface area contributed by atoms with Crippen LogP contribution in [-0.4, -0.2) is 28.8 Å². The van der Waals surface area contributed by atoms with E-state index in [-0.39, 0.29) is 12.4 Å². The molecule has 0 aliphatic carbocycles. The summed E-state index contributed by atoms with van der Waals surface area (Å²) in [6.07, 6.45) is 2.22. The average molecular weight is 285 g/mol. The number of aromatic amines is 1. The Labute approximate surface area is 117 Å². The van der Waals surface area contributed by atoms with Crippen molar-refractivity contribution >= 4 is 29.3 Å². The van der Waals surface area contributed by atoms with Crippen LogP contribution in [0.2, 0.25) is 0 Å². The molecule has 1 aromatic carbocycles. The maximum Gasteiger partial charge on any atom is 0.325 e. The van der Waals surface area contributed by atoms with Gasteiger partial charge in [-0.1, -0.05) is 18.2 Å². The van der Waals surface area contributed by atoms with Gasteiger partial charge in [0.25, 0.3) is 0 Å². The van der Waals surface area contributed by atoms with E-state index in [2.05, 4.69) is 4.98 Å². The number of H-pyrrole nitrogens is 1. The van der Waals surface area contributed by atoms with Crippen molar-refractivity contribution in [1.29, 1.82) is 0 Å². The van der Waals surface area contributed by atoms with Gasteiger partial charge in [0.1, 0.15) is 6.04 Å². The zero-order valence-corrected chi connectivity index (χ0v) is 11.4. The van der Waals surface area contributed by atoms with Crippen LogP contribution in [0.5, 0.6) is 0 Å². The molecular formula is C13H17ClN2O3. The first kappa shape index (κ1) is 15.5. The smallest absolute Gasteiger partial charge is 0.325 e. The lowest BCUT2D eigenvalue weighted by molar-refractivity contribution is -0.148. The summed E-state index contributed by atoms with van der Waals surface area (Å²) in [5.74, 6) is -0.453. The first-order valence-corrected chi connectivity index (χ1v) is 5.87. The van der Waals surface area contributed by atoms with E-state index in [0.717, 1.165) is 16.5 Å². The molecule has 1 heterocycles. The van der Waals surface area contributed by atoms with E-state index in [4.69, 9.17) is 9.94 Å². The number of rotatable bonds is 5. The molecule has 0 saturated heterocycles. The van der Waals surface area contributed by atoms with E-state index in [0.29, 0.717) is 13.0 Å². The highest BCUT2D eigenvalue weighted by Gasteiger charge is 2.20. The molecule has 104 valence electrons. The minimum Gasteiger partial charge on any atom is -0.465 e. The Morgan fingerprint density at radius 3 is 2.89 bits per heavy atom. The summed E-state index contributed by atoms with van der Waals surface area (Å²) in [5.41, 5.74) is 3.97. The molecule has 3 N–H and O–H groups in total. The van der Waals surface area contributed by atoms with Crippen molar-refractivity contribution < 1.29 is 14.7 Å². The molecule has 0 aliphatic heterocycles. The SMILES string of the molecule is CCOC(=O)[C@H](Cc1c[nH]c2ccccc12)NO.Cl. The maximum atomic E-state index is 11.6. The van der Waals surface area contributed by atoms with Gasteiger partial charge in [-0.3, -0.25) is 4.79 Å². The lowest BCUT2D eigenvalue weighted by Crippen LogP contribution is -2.37. The molecule has 0 bridgehead atoms. The Balaban J connectivity index is 0.00000180. The second-order valence-electron chi connectivity index (χ2n) is 4.00. The van der Waals surface area contributed by atoms with Crippen LogP contribution >= 0.6 is 12.4 Å². The van der Waals surface area contributed by atoms with Crippen molar-refractivity contribution in [3.05, 3.63) is 36.0 Å². The standard InChI is InChI=1S/C13H16N2O3.ClH/c1-2-18-13(16)12(15-17)7-9-8-14-11-6-4-3-5-10(9)11;/h3-6,8,12,14-15,17H,2,7H2,1H3;1H/t12-;/m0./s1. The molecule has 0 radical (unpaired) electrons. The number of carbonyl (C=O) groups excluding carboxylic acids is 1. The predicted octanol–water partition coefficient (Wildman–Crippen LogP) is 2.04. The second-order valence-corrected chi connectivity index (χ2v) is 4.00. The van der Waals surface area contributed by atoms with E-state index >= 15 is 0 Å². The van der Waals surface area contributed by atoms with Crippen molar-refractivity contribution in [1.82, 2.24) is 10.5 Å². The third-order valence-corrected chi connectivity index (χ3v) is 2.83. The molecule has 0 aliphatic rings. The van der Waals surface area contributed by atoms with E-state index in [9.17, 15) is 4.79 Å². The highest BCUT2D eigenvalue weighted by molar-refractivity contribution is 5.85. The summed E-state index contributed by atoms with van der Waals surface area (Å²) in [5, 5.41) is 10.1. The van der Waals surface area contributed by atoms with Crippen LogP contribution in [-0.2, 0) is 16.0 Å². The van der Waals surface area contributed by atoms with Gasteiger partial charge < -0.3 is 14.9 Å². The molecule has 2 rings (SSSR count). The second kappa shape index (κ2) is 7.13. The third kappa shape index (κ3) is 3.47. The lowest BCUT2D eigenvalue weighted by Gasteiger charge is -2.12. The van der Waals surface area contributed by atoms with Gasteiger partial charge in [-0.25, -0.2) is 0 Å².